The fraction of sp³-hybridized carbons (Fsp3) is 0.714. The van der Waals surface area contributed by atoms with Gasteiger partial charge in [-0.3, -0.25) is 9.59 Å². The summed E-state index contributed by atoms with van der Waals surface area (Å²) in [6.07, 6.45) is 0.796. The first-order valence-electron chi connectivity index (χ1n) is 3.14. The second kappa shape index (κ2) is 1.94. The fourth-order valence-electron chi connectivity index (χ4n) is 1.09. The molecule has 0 saturated heterocycles. The molecule has 1 rings (SSSR count). The van der Waals surface area contributed by atoms with Crippen LogP contribution in [0.2, 0.25) is 0 Å². The molecule has 2 atom stereocenters. The third kappa shape index (κ3) is 1.18. The van der Waals surface area contributed by atoms with Gasteiger partial charge in [0.25, 0.3) is 0 Å². The van der Waals surface area contributed by atoms with E-state index in [-0.39, 0.29) is 23.4 Å². The molecular formula is C7H10O2. The average molecular weight is 126 g/mol. The lowest BCUT2D eigenvalue weighted by Crippen LogP contribution is -2.01. The number of rotatable bonds is 2. The molecule has 2 heteroatoms. The van der Waals surface area contributed by atoms with Crippen molar-refractivity contribution in [3.63, 3.8) is 0 Å². The molecular weight excluding hydrogens is 116 g/mol. The van der Waals surface area contributed by atoms with Crippen LogP contribution >= 0.6 is 0 Å². The molecule has 1 aliphatic carbocycles. The van der Waals surface area contributed by atoms with Crippen molar-refractivity contribution in [1.29, 1.82) is 0 Å². The number of hydrogen-bond acceptors (Lipinski definition) is 2. The molecule has 0 amide bonds. The van der Waals surface area contributed by atoms with Gasteiger partial charge in [0, 0.05) is 11.8 Å². The third-order valence-corrected chi connectivity index (χ3v) is 1.83. The van der Waals surface area contributed by atoms with E-state index in [4.69, 9.17) is 0 Å². The maximum atomic E-state index is 10.6. The normalized spacial score (nSPS) is 31.8. The zero-order valence-electron chi connectivity index (χ0n) is 5.68. The summed E-state index contributed by atoms with van der Waals surface area (Å²) in [5.74, 6) is 0.468. The van der Waals surface area contributed by atoms with Crippen LogP contribution in [-0.4, -0.2) is 11.6 Å². The van der Waals surface area contributed by atoms with E-state index < -0.39 is 0 Å². The van der Waals surface area contributed by atoms with Crippen molar-refractivity contribution in [1.82, 2.24) is 0 Å². The van der Waals surface area contributed by atoms with Crippen LogP contribution in [0, 0.1) is 11.8 Å². The van der Waals surface area contributed by atoms with Crippen LogP contribution in [0.25, 0.3) is 0 Å². The Morgan fingerprint density at radius 1 is 1.11 bits per heavy atom. The molecule has 9 heavy (non-hydrogen) atoms. The summed E-state index contributed by atoms with van der Waals surface area (Å²) in [5.41, 5.74) is 0. The standard InChI is InChI=1S/C7H10O2/c1-4(8)6-3-7(6)5(2)9/h6-7H,3H2,1-2H3. The molecule has 1 aliphatic rings. The lowest BCUT2D eigenvalue weighted by atomic mass is 10.2. The number of hydrogen-bond donors (Lipinski definition) is 0. The van der Waals surface area contributed by atoms with Gasteiger partial charge in [-0.2, -0.15) is 0 Å². The van der Waals surface area contributed by atoms with Gasteiger partial charge < -0.3 is 0 Å². The van der Waals surface area contributed by atoms with E-state index in [1.807, 2.05) is 0 Å². The minimum atomic E-state index is 0.0718. The summed E-state index contributed by atoms with van der Waals surface area (Å²) < 4.78 is 0. The quantitative estimate of drug-likeness (QED) is 0.548. The van der Waals surface area contributed by atoms with Crippen molar-refractivity contribution in [2.24, 2.45) is 11.8 Å². The van der Waals surface area contributed by atoms with Crippen LogP contribution in [0.15, 0.2) is 0 Å². The molecule has 0 aromatic carbocycles. The number of carbonyl (C=O) groups is 2. The SMILES string of the molecule is CC(=O)C1CC1C(C)=O. The molecule has 0 radical (unpaired) electrons. The smallest absolute Gasteiger partial charge is 0.133 e. The van der Waals surface area contributed by atoms with Crippen molar-refractivity contribution in [3.05, 3.63) is 0 Å². The zero-order valence-corrected chi connectivity index (χ0v) is 5.68. The van der Waals surface area contributed by atoms with Crippen molar-refractivity contribution >= 4 is 11.6 Å². The van der Waals surface area contributed by atoms with Crippen LogP contribution in [0.5, 0.6) is 0 Å². The number of Topliss-reactive ketones (excluding diaryl/α,β-unsaturated/α-hetero) is 2. The Balaban J connectivity index is 2.42. The molecule has 50 valence electrons. The zero-order chi connectivity index (χ0) is 7.02. The largest absolute Gasteiger partial charge is 0.300 e. The number of ketones is 2. The summed E-state index contributed by atoms with van der Waals surface area (Å²) in [7, 11) is 0. The average Bonchev–Trinajstić information content (AvgIpc) is 2.39. The summed E-state index contributed by atoms with van der Waals surface area (Å²) >= 11 is 0. The summed E-state index contributed by atoms with van der Waals surface area (Å²) in [6.45, 7) is 3.10. The predicted octanol–water partition coefficient (Wildman–Crippen LogP) is 0.800. The molecule has 0 bridgehead atoms. The van der Waals surface area contributed by atoms with E-state index >= 15 is 0 Å². The van der Waals surface area contributed by atoms with Crippen LogP contribution < -0.4 is 0 Å². The van der Waals surface area contributed by atoms with Gasteiger partial charge in [-0.05, 0) is 20.3 Å². The third-order valence-electron chi connectivity index (χ3n) is 1.83. The lowest BCUT2D eigenvalue weighted by Gasteiger charge is -1.86. The van der Waals surface area contributed by atoms with Gasteiger partial charge in [0.05, 0.1) is 0 Å². The van der Waals surface area contributed by atoms with Gasteiger partial charge in [-0.25, -0.2) is 0 Å². The van der Waals surface area contributed by atoms with E-state index in [2.05, 4.69) is 0 Å². The van der Waals surface area contributed by atoms with Crippen LogP contribution in [0.1, 0.15) is 20.3 Å². The predicted molar refractivity (Wildman–Crippen MR) is 33.0 cm³/mol. The first-order valence-corrected chi connectivity index (χ1v) is 3.14. The summed E-state index contributed by atoms with van der Waals surface area (Å²) in [6, 6.07) is 0. The maximum Gasteiger partial charge on any atom is 0.133 e. The Kier molecular flexibility index (Phi) is 1.39. The molecule has 0 aromatic heterocycles. The maximum absolute atomic E-state index is 10.6. The van der Waals surface area contributed by atoms with Crippen LogP contribution in [0.3, 0.4) is 0 Å². The molecule has 0 heterocycles. The second-order valence-corrected chi connectivity index (χ2v) is 2.67. The van der Waals surface area contributed by atoms with E-state index in [9.17, 15) is 9.59 Å². The van der Waals surface area contributed by atoms with Crippen molar-refractivity contribution in [2.75, 3.05) is 0 Å². The van der Waals surface area contributed by atoms with Crippen molar-refractivity contribution in [2.45, 2.75) is 20.3 Å². The topological polar surface area (TPSA) is 34.1 Å². The molecule has 2 unspecified atom stereocenters. The van der Waals surface area contributed by atoms with Gasteiger partial charge in [-0.15, -0.1) is 0 Å². The van der Waals surface area contributed by atoms with E-state index in [0.717, 1.165) is 6.42 Å². The molecule has 0 aliphatic heterocycles. The second-order valence-electron chi connectivity index (χ2n) is 2.67. The highest BCUT2D eigenvalue weighted by molar-refractivity contribution is 5.92. The van der Waals surface area contributed by atoms with Gasteiger partial charge in [0.15, 0.2) is 0 Å². The number of carbonyl (C=O) groups excluding carboxylic acids is 2. The highest BCUT2D eigenvalue weighted by atomic mass is 16.1. The highest BCUT2D eigenvalue weighted by Crippen LogP contribution is 2.39. The van der Waals surface area contributed by atoms with Crippen LogP contribution in [-0.2, 0) is 9.59 Å². The van der Waals surface area contributed by atoms with Gasteiger partial charge >= 0.3 is 0 Å². The van der Waals surface area contributed by atoms with Gasteiger partial charge in [-0.1, -0.05) is 0 Å². The Labute approximate surface area is 54.2 Å². The Morgan fingerprint density at radius 3 is 1.56 bits per heavy atom. The highest BCUT2D eigenvalue weighted by Gasteiger charge is 2.43. The Hall–Kier alpha value is -0.660. The molecule has 0 spiro atoms. The molecule has 1 fully saturated rings. The minimum absolute atomic E-state index is 0.0718. The van der Waals surface area contributed by atoms with E-state index in [1.54, 1.807) is 13.8 Å². The van der Waals surface area contributed by atoms with Crippen molar-refractivity contribution < 1.29 is 9.59 Å². The fourth-order valence-corrected chi connectivity index (χ4v) is 1.09. The van der Waals surface area contributed by atoms with E-state index in [1.165, 1.54) is 0 Å². The first-order chi connectivity index (χ1) is 4.13. The van der Waals surface area contributed by atoms with Gasteiger partial charge in [0.1, 0.15) is 11.6 Å². The van der Waals surface area contributed by atoms with E-state index in [0.29, 0.717) is 0 Å². The van der Waals surface area contributed by atoms with Crippen molar-refractivity contribution in [3.8, 4) is 0 Å². The first kappa shape index (κ1) is 6.46. The van der Waals surface area contributed by atoms with Gasteiger partial charge in [0.2, 0.25) is 0 Å². The molecule has 0 N–H and O–H groups in total. The summed E-state index contributed by atoms with van der Waals surface area (Å²) in [5, 5.41) is 0. The monoisotopic (exact) mass is 126 g/mol. The molecule has 1 saturated carbocycles. The molecule has 0 aromatic rings. The van der Waals surface area contributed by atoms with Crippen LogP contribution in [0.4, 0.5) is 0 Å². The Morgan fingerprint density at radius 2 is 1.44 bits per heavy atom. The Bertz CT molecular complexity index is 142. The molecule has 2 nitrogen and oxygen atoms in total. The lowest BCUT2D eigenvalue weighted by molar-refractivity contribution is -0.122. The summed E-state index contributed by atoms with van der Waals surface area (Å²) in [4.78, 5) is 21.1. The minimum Gasteiger partial charge on any atom is -0.300 e.